The second kappa shape index (κ2) is 4.85. The zero-order valence-electron chi connectivity index (χ0n) is 6.63. The second-order valence-electron chi connectivity index (χ2n) is 2.05. The molecule has 0 aromatic rings. The lowest BCUT2D eigenvalue weighted by molar-refractivity contribution is -0.107. The molecule has 0 fully saturated rings. The number of ether oxygens (including phenoxy) is 1. The van der Waals surface area contributed by atoms with Gasteiger partial charge in [0.1, 0.15) is 0 Å². The first kappa shape index (κ1) is 9.01. The fourth-order valence-electron chi connectivity index (χ4n) is 0.523. The fraction of sp³-hybridized carbons (Fsp3) is 0.571. The van der Waals surface area contributed by atoms with Gasteiger partial charge in [-0.25, -0.2) is 0 Å². The molecule has 0 saturated heterocycles. The molecule has 0 bridgehead atoms. The van der Waals surface area contributed by atoms with Crippen LogP contribution < -0.4 is 0 Å². The predicted octanol–water partition coefficient (Wildman–Crippen LogP) is 0.625. The first-order valence-electron chi connectivity index (χ1n) is 3.17. The van der Waals surface area contributed by atoms with Crippen molar-refractivity contribution in [3.63, 3.8) is 0 Å². The maximum Gasteiger partial charge on any atom is 0.186 e. The number of carbonyl (C=O) groups is 1. The van der Waals surface area contributed by atoms with E-state index in [0.29, 0.717) is 18.7 Å². The first-order valence-corrected chi connectivity index (χ1v) is 3.17. The molecule has 0 aromatic carbocycles. The van der Waals surface area contributed by atoms with E-state index in [0.717, 1.165) is 0 Å². The molecule has 0 aliphatic carbocycles. The average Bonchev–Trinajstić information content (AvgIpc) is 1.86. The highest BCUT2D eigenvalue weighted by Crippen LogP contribution is 1.92. The van der Waals surface area contributed by atoms with Crippen LogP contribution >= 0.6 is 0 Å². The molecular weight excluding hydrogens is 130 g/mol. The van der Waals surface area contributed by atoms with Gasteiger partial charge in [0.2, 0.25) is 0 Å². The largest absolute Gasteiger partial charge is 0.489 e. The number of nitrogens with zero attached hydrogens (tertiary/aromatic N) is 1. The highest BCUT2D eigenvalue weighted by molar-refractivity contribution is 5.69. The van der Waals surface area contributed by atoms with Gasteiger partial charge >= 0.3 is 0 Å². The number of aldehydes is 1. The number of hydrogen-bond donors (Lipinski definition) is 0. The van der Waals surface area contributed by atoms with Crippen molar-refractivity contribution in [1.82, 2.24) is 4.90 Å². The van der Waals surface area contributed by atoms with E-state index in [1.807, 2.05) is 21.0 Å². The number of allylic oxidation sites excluding steroid dienone is 1. The van der Waals surface area contributed by atoms with Crippen LogP contribution in [-0.2, 0) is 9.53 Å². The molecule has 0 aliphatic heterocycles. The first-order chi connectivity index (χ1) is 4.70. The van der Waals surface area contributed by atoms with E-state index in [-0.39, 0.29) is 0 Å². The monoisotopic (exact) mass is 143 g/mol. The molecule has 58 valence electrons. The molecule has 0 saturated carbocycles. The molecule has 10 heavy (non-hydrogen) atoms. The number of rotatable bonds is 4. The zero-order chi connectivity index (χ0) is 7.98. The number of carbonyl (C=O) groups excluding carboxylic acids is 1. The lowest BCUT2D eigenvalue weighted by atomic mass is 10.5. The van der Waals surface area contributed by atoms with Gasteiger partial charge < -0.3 is 9.64 Å². The van der Waals surface area contributed by atoms with Gasteiger partial charge in [-0.05, 0) is 6.92 Å². The van der Waals surface area contributed by atoms with E-state index in [9.17, 15) is 4.79 Å². The Labute approximate surface area is 61.3 Å². The molecule has 0 atom stereocenters. The summed E-state index contributed by atoms with van der Waals surface area (Å²) in [4.78, 5) is 12.0. The third kappa shape index (κ3) is 3.95. The summed E-state index contributed by atoms with van der Waals surface area (Å²) in [5, 5.41) is 0. The molecule has 0 amide bonds. The van der Waals surface area contributed by atoms with Crippen LogP contribution in [0.4, 0.5) is 0 Å². The van der Waals surface area contributed by atoms with Crippen molar-refractivity contribution in [2.45, 2.75) is 6.92 Å². The van der Waals surface area contributed by atoms with Crippen LogP contribution in [0.3, 0.4) is 0 Å². The van der Waals surface area contributed by atoms with Crippen molar-refractivity contribution in [2.24, 2.45) is 0 Å². The van der Waals surface area contributed by atoms with Gasteiger partial charge in [-0.2, -0.15) is 0 Å². The lowest BCUT2D eigenvalue weighted by Gasteiger charge is -2.06. The number of hydrogen-bond acceptors (Lipinski definition) is 3. The van der Waals surface area contributed by atoms with E-state index in [2.05, 4.69) is 0 Å². The van der Waals surface area contributed by atoms with Crippen LogP contribution in [0.1, 0.15) is 6.92 Å². The van der Waals surface area contributed by atoms with Crippen molar-refractivity contribution >= 4 is 6.29 Å². The molecular formula is C7H13NO2. The summed E-state index contributed by atoms with van der Waals surface area (Å²) in [5.74, 6) is 0.368. The molecule has 0 rings (SSSR count). The van der Waals surface area contributed by atoms with Crippen LogP contribution in [0.2, 0.25) is 0 Å². The van der Waals surface area contributed by atoms with Gasteiger partial charge in [0.05, 0.1) is 6.61 Å². The fourth-order valence-corrected chi connectivity index (χ4v) is 0.523. The van der Waals surface area contributed by atoms with Crippen LogP contribution in [0.25, 0.3) is 0 Å². The van der Waals surface area contributed by atoms with Crippen LogP contribution in [0.5, 0.6) is 0 Å². The Hall–Kier alpha value is -0.990. The van der Waals surface area contributed by atoms with Crippen molar-refractivity contribution in [1.29, 1.82) is 0 Å². The standard InChI is InChI=1S/C7H13NO2/c1-4-10-7(6-9)5-8(2)3/h5-6H,4H2,1-3H3/b7-5+. The Morgan fingerprint density at radius 1 is 1.60 bits per heavy atom. The van der Waals surface area contributed by atoms with E-state index in [1.54, 1.807) is 11.1 Å². The Bertz CT molecular complexity index is 130. The minimum Gasteiger partial charge on any atom is -0.489 e. The summed E-state index contributed by atoms with van der Waals surface area (Å²) in [6.07, 6.45) is 2.33. The highest BCUT2D eigenvalue weighted by Gasteiger charge is 1.92. The third-order valence-corrected chi connectivity index (χ3v) is 0.813. The Morgan fingerprint density at radius 3 is 2.50 bits per heavy atom. The maximum atomic E-state index is 10.2. The predicted molar refractivity (Wildman–Crippen MR) is 39.5 cm³/mol. The summed E-state index contributed by atoms with van der Waals surface area (Å²) in [5.41, 5.74) is 0. The van der Waals surface area contributed by atoms with E-state index in [4.69, 9.17) is 4.74 Å². The molecule has 0 aliphatic rings. The summed E-state index contributed by atoms with van der Waals surface area (Å²) in [7, 11) is 3.67. The molecule has 0 aromatic heterocycles. The molecule has 3 nitrogen and oxygen atoms in total. The summed E-state index contributed by atoms with van der Waals surface area (Å²) in [6, 6.07) is 0. The Kier molecular flexibility index (Phi) is 4.37. The minimum atomic E-state index is 0.368. The normalized spacial score (nSPS) is 10.9. The summed E-state index contributed by atoms with van der Waals surface area (Å²) >= 11 is 0. The van der Waals surface area contributed by atoms with E-state index < -0.39 is 0 Å². The van der Waals surface area contributed by atoms with Gasteiger partial charge in [-0.3, -0.25) is 4.79 Å². The molecule has 0 unspecified atom stereocenters. The third-order valence-electron chi connectivity index (χ3n) is 0.813. The summed E-state index contributed by atoms with van der Waals surface area (Å²) < 4.78 is 4.95. The van der Waals surface area contributed by atoms with Crippen molar-refractivity contribution in [3.8, 4) is 0 Å². The molecule has 0 radical (unpaired) electrons. The zero-order valence-corrected chi connectivity index (χ0v) is 6.63. The van der Waals surface area contributed by atoms with Crippen LogP contribution in [0.15, 0.2) is 12.0 Å². The molecule has 0 N–H and O–H groups in total. The molecule has 0 heterocycles. The molecule has 0 spiro atoms. The van der Waals surface area contributed by atoms with Crippen molar-refractivity contribution in [2.75, 3.05) is 20.7 Å². The maximum absolute atomic E-state index is 10.2. The molecule has 3 heteroatoms. The smallest absolute Gasteiger partial charge is 0.186 e. The van der Waals surface area contributed by atoms with Gasteiger partial charge in [-0.1, -0.05) is 0 Å². The Morgan fingerprint density at radius 2 is 2.20 bits per heavy atom. The minimum absolute atomic E-state index is 0.368. The van der Waals surface area contributed by atoms with E-state index >= 15 is 0 Å². The van der Waals surface area contributed by atoms with Crippen molar-refractivity contribution < 1.29 is 9.53 Å². The highest BCUT2D eigenvalue weighted by atomic mass is 16.5. The Balaban J connectivity index is 3.90. The van der Waals surface area contributed by atoms with Gasteiger partial charge in [0.25, 0.3) is 0 Å². The topological polar surface area (TPSA) is 29.5 Å². The van der Waals surface area contributed by atoms with Gasteiger partial charge in [0, 0.05) is 20.3 Å². The van der Waals surface area contributed by atoms with Gasteiger partial charge in [0.15, 0.2) is 12.0 Å². The summed E-state index contributed by atoms with van der Waals surface area (Å²) in [6.45, 7) is 2.37. The quantitative estimate of drug-likeness (QED) is 0.328. The van der Waals surface area contributed by atoms with Crippen molar-refractivity contribution in [3.05, 3.63) is 12.0 Å². The SMILES string of the molecule is CCO/C(C=O)=C/N(C)C. The average molecular weight is 143 g/mol. The van der Waals surface area contributed by atoms with Crippen LogP contribution in [0, 0.1) is 0 Å². The lowest BCUT2D eigenvalue weighted by Crippen LogP contribution is -2.05. The van der Waals surface area contributed by atoms with Gasteiger partial charge in [-0.15, -0.1) is 0 Å². The van der Waals surface area contributed by atoms with Crippen LogP contribution in [-0.4, -0.2) is 31.9 Å². The second-order valence-corrected chi connectivity index (χ2v) is 2.05. The van der Waals surface area contributed by atoms with E-state index in [1.165, 1.54) is 0 Å².